The fourth-order valence-corrected chi connectivity index (χ4v) is 3.47. The Labute approximate surface area is 139 Å². The van der Waals surface area contributed by atoms with Crippen LogP contribution in [0.5, 0.6) is 0 Å². The number of benzene rings is 2. The predicted octanol–water partition coefficient (Wildman–Crippen LogP) is 3.28. The van der Waals surface area contributed by atoms with Crippen LogP contribution in [-0.2, 0) is 15.8 Å². The highest BCUT2D eigenvalue weighted by Gasteiger charge is 2.20. The van der Waals surface area contributed by atoms with Gasteiger partial charge in [-0.15, -0.1) is 0 Å². The molecule has 0 atom stereocenters. The molecule has 9 heteroatoms. The van der Waals surface area contributed by atoms with Crippen molar-refractivity contribution in [3.05, 3.63) is 67.5 Å². The quantitative estimate of drug-likeness (QED) is 0.443. The predicted molar refractivity (Wildman–Crippen MR) is 88.5 cm³/mol. The van der Waals surface area contributed by atoms with Crippen molar-refractivity contribution in [1.29, 1.82) is 0 Å². The molecule has 0 saturated heterocycles. The maximum absolute atomic E-state index is 13.7. The normalized spacial score (nSPS) is 11.2. The van der Waals surface area contributed by atoms with Crippen LogP contribution in [0, 0.1) is 19.5 Å². The highest BCUT2D eigenvalue weighted by atomic mass is 127. The van der Waals surface area contributed by atoms with Crippen LogP contribution < -0.4 is 4.72 Å². The monoisotopic (exact) mass is 436 g/mol. The largest absolute Gasteiger partial charge is 0.280 e. The van der Waals surface area contributed by atoms with Gasteiger partial charge in [0, 0.05) is 15.2 Å². The van der Waals surface area contributed by atoms with Crippen LogP contribution in [0.25, 0.3) is 0 Å². The number of anilines is 1. The molecule has 0 spiro atoms. The van der Waals surface area contributed by atoms with Crippen LogP contribution in [0.1, 0.15) is 5.56 Å². The summed E-state index contributed by atoms with van der Waals surface area (Å²) in [4.78, 5) is 10.2. The molecular weight excluding hydrogens is 426 g/mol. The van der Waals surface area contributed by atoms with Crippen molar-refractivity contribution in [2.75, 3.05) is 4.72 Å². The number of hydrogen-bond acceptors (Lipinski definition) is 4. The summed E-state index contributed by atoms with van der Waals surface area (Å²) in [7, 11) is -3.98. The number of nitro groups is 1. The van der Waals surface area contributed by atoms with Gasteiger partial charge in [0.2, 0.25) is 10.0 Å². The van der Waals surface area contributed by atoms with E-state index in [1.807, 2.05) is 22.6 Å². The second kappa shape index (κ2) is 6.57. The second-order valence-electron chi connectivity index (χ2n) is 4.37. The first-order valence-corrected chi connectivity index (χ1v) is 8.69. The van der Waals surface area contributed by atoms with E-state index in [0.29, 0.717) is 3.57 Å². The topological polar surface area (TPSA) is 89.3 Å². The molecule has 0 bridgehead atoms. The second-order valence-corrected chi connectivity index (χ2v) is 7.34. The molecule has 2 aromatic rings. The van der Waals surface area contributed by atoms with Gasteiger partial charge in [0.15, 0.2) is 0 Å². The molecule has 2 aromatic carbocycles. The summed E-state index contributed by atoms with van der Waals surface area (Å²) in [6, 6.07) is 9.55. The van der Waals surface area contributed by atoms with E-state index in [9.17, 15) is 22.9 Å². The molecule has 0 heterocycles. The van der Waals surface area contributed by atoms with Gasteiger partial charge in [0.25, 0.3) is 5.69 Å². The number of nitrogens with zero attached hydrogens (tertiary/aromatic N) is 1. The van der Waals surface area contributed by atoms with E-state index in [0.717, 1.165) is 0 Å². The van der Waals surface area contributed by atoms with E-state index in [2.05, 4.69) is 4.72 Å². The molecule has 6 nitrogen and oxygen atoms in total. The minimum atomic E-state index is -3.98. The third kappa shape index (κ3) is 4.13. The smallest absolute Gasteiger partial charge is 0.273 e. The molecule has 0 radical (unpaired) electrons. The maximum Gasteiger partial charge on any atom is 0.273 e. The Kier molecular flexibility index (Phi) is 4.96. The molecule has 0 amide bonds. The lowest BCUT2D eigenvalue weighted by Gasteiger charge is -2.09. The Hall–Kier alpha value is -1.75. The summed E-state index contributed by atoms with van der Waals surface area (Å²) >= 11 is 1.90. The Morgan fingerprint density at radius 3 is 2.55 bits per heavy atom. The van der Waals surface area contributed by atoms with Gasteiger partial charge >= 0.3 is 0 Å². The van der Waals surface area contributed by atoms with Crippen LogP contribution in [0.15, 0.2) is 42.5 Å². The molecule has 0 aliphatic rings. The zero-order valence-electron chi connectivity index (χ0n) is 11.0. The molecule has 0 fully saturated rings. The van der Waals surface area contributed by atoms with Gasteiger partial charge in [-0.2, -0.15) is 0 Å². The Morgan fingerprint density at radius 2 is 1.91 bits per heavy atom. The van der Waals surface area contributed by atoms with Gasteiger partial charge in [0.1, 0.15) is 11.6 Å². The van der Waals surface area contributed by atoms with Crippen LogP contribution in [-0.4, -0.2) is 13.3 Å². The van der Waals surface area contributed by atoms with Crippen molar-refractivity contribution in [2.45, 2.75) is 5.75 Å². The number of hydrogen-bond donors (Lipinski definition) is 1. The lowest BCUT2D eigenvalue weighted by atomic mass is 10.2. The number of nitrogens with one attached hydrogen (secondary N) is 1. The molecule has 116 valence electrons. The lowest BCUT2D eigenvalue weighted by molar-refractivity contribution is -0.385. The Morgan fingerprint density at radius 1 is 1.23 bits per heavy atom. The fraction of sp³-hybridized carbons (Fsp3) is 0.0769. The van der Waals surface area contributed by atoms with E-state index in [1.54, 1.807) is 6.07 Å². The van der Waals surface area contributed by atoms with Crippen molar-refractivity contribution < 1.29 is 17.7 Å². The maximum atomic E-state index is 13.7. The summed E-state index contributed by atoms with van der Waals surface area (Å²) in [5.41, 5.74) is -0.458. The molecule has 0 saturated carbocycles. The summed E-state index contributed by atoms with van der Waals surface area (Å²) < 4.78 is 40.6. The molecule has 0 aliphatic heterocycles. The summed E-state index contributed by atoms with van der Waals surface area (Å²) in [5.74, 6) is -1.33. The van der Waals surface area contributed by atoms with Crippen molar-refractivity contribution in [3.63, 3.8) is 0 Å². The zero-order chi connectivity index (χ0) is 16.3. The number of nitro benzene ring substituents is 1. The first-order chi connectivity index (χ1) is 10.3. The zero-order valence-corrected chi connectivity index (χ0v) is 14.0. The van der Waals surface area contributed by atoms with Crippen molar-refractivity contribution in [1.82, 2.24) is 0 Å². The minimum absolute atomic E-state index is 0.0333. The van der Waals surface area contributed by atoms with E-state index in [-0.39, 0.29) is 16.9 Å². The number of sulfonamides is 1. The van der Waals surface area contributed by atoms with Crippen molar-refractivity contribution in [2.24, 2.45) is 0 Å². The Balaban J connectivity index is 2.27. The van der Waals surface area contributed by atoms with Crippen LogP contribution >= 0.6 is 22.6 Å². The third-order valence-corrected chi connectivity index (χ3v) is 4.62. The Bertz CT molecular complexity index is 827. The summed E-state index contributed by atoms with van der Waals surface area (Å²) in [5, 5.41) is 10.9. The highest BCUT2D eigenvalue weighted by Crippen LogP contribution is 2.23. The number of halogens is 2. The van der Waals surface area contributed by atoms with Gasteiger partial charge < -0.3 is 0 Å². The number of rotatable bonds is 5. The highest BCUT2D eigenvalue weighted by molar-refractivity contribution is 14.1. The summed E-state index contributed by atoms with van der Waals surface area (Å²) in [6.07, 6.45) is 0. The average molecular weight is 436 g/mol. The molecule has 2 rings (SSSR count). The molecule has 0 unspecified atom stereocenters. The van der Waals surface area contributed by atoms with E-state index >= 15 is 0 Å². The van der Waals surface area contributed by atoms with Crippen LogP contribution in [0.3, 0.4) is 0 Å². The third-order valence-electron chi connectivity index (χ3n) is 2.73. The minimum Gasteiger partial charge on any atom is -0.280 e. The van der Waals surface area contributed by atoms with Crippen LogP contribution in [0.4, 0.5) is 15.8 Å². The van der Waals surface area contributed by atoms with Gasteiger partial charge in [-0.05, 0) is 40.8 Å². The van der Waals surface area contributed by atoms with E-state index in [4.69, 9.17) is 0 Å². The van der Waals surface area contributed by atoms with Crippen molar-refractivity contribution >= 4 is 44.0 Å². The SMILES string of the molecule is O=[N+]([O-])c1ccccc1CS(=O)(=O)Nc1ccc(I)cc1F. The van der Waals surface area contributed by atoms with Crippen molar-refractivity contribution in [3.8, 4) is 0 Å². The van der Waals surface area contributed by atoms with E-state index < -0.39 is 26.5 Å². The number of para-hydroxylation sites is 1. The molecule has 0 aromatic heterocycles. The van der Waals surface area contributed by atoms with Gasteiger partial charge in [-0.1, -0.05) is 18.2 Å². The molecule has 22 heavy (non-hydrogen) atoms. The standard InChI is InChI=1S/C13H10FIN2O4S/c14-11-7-10(15)5-6-12(11)16-22(20,21)8-9-3-1-2-4-13(9)17(18)19/h1-7,16H,8H2. The van der Waals surface area contributed by atoms with Gasteiger partial charge in [-0.25, -0.2) is 12.8 Å². The first kappa shape index (κ1) is 16.6. The van der Waals surface area contributed by atoms with Crippen LogP contribution in [0.2, 0.25) is 0 Å². The summed E-state index contributed by atoms with van der Waals surface area (Å²) in [6.45, 7) is 0. The van der Waals surface area contributed by atoms with E-state index in [1.165, 1.54) is 36.4 Å². The molecular formula is C13H10FIN2O4S. The van der Waals surface area contributed by atoms with Gasteiger partial charge in [-0.3, -0.25) is 14.8 Å². The molecule has 0 aliphatic carbocycles. The van der Waals surface area contributed by atoms with Gasteiger partial charge in [0.05, 0.1) is 10.6 Å². The lowest BCUT2D eigenvalue weighted by Crippen LogP contribution is -2.16. The fourth-order valence-electron chi connectivity index (χ4n) is 1.79. The average Bonchev–Trinajstić information content (AvgIpc) is 2.42. The molecule has 1 N–H and O–H groups in total. The first-order valence-electron chi connectivity index (χ1n) is 5.96.